The van der Waals surface area contributed by atoms with Gasteiger partial charge >= 0.3 is 0 Å². The minimum absolute atomic E-state index is 0.546. The molecule has 7 heteroatoms. The summed E-state index contributed by atoms with van der Waals surface area (Å²) < 4.78 is 17.0. The number of nitrogens with zero attached hydrogens (tertiary/aromatic N) is 2. The second kappa shape index (κ2) is 8.39. The first kappa shape index (κ1) is 19.7. The van der Waals surface area contributed by atoms with Gasteiger partial charge in [-0.1, -0.05) is 11.6 Å². The highest BCUT2D eigenvalue weighted by Crippen LogP contribution is 2.25. The summed E-state index contributed by atoms with van der Waals surface area (Å²) in [4.78, 5) is 3.08. The summed E-state index contributed by atoms with van der Waals surface area (Å²) in [5.74, 6) is 3.89. The van der Waals surface area contributed by atoms with Crippen molar-refractivity contribution in [1.29, 1.82) is 0 Å². The fourth-order valence-electron chi connectivity index (χ4n) is 4.12. The summed E-state index contributed by atoms with van der Waals surface area (Å²) in [6.07, 6.45) is 0. The topological polar surface area (TPSA) is 70.2 Å². The minimum atomic E-state index is 0.546. The molecule has 0 atom stereocenters. The number of aromatic nitrogens is 2. The normalized spacial score (nSPS) is 19.4. The molecule has 7 nitrogen and oxygen atoms in total. The molecule has 1 saturated heterocycles. The quantitative estimate of drug-likeness (QED) is 0.641. The van der Waals surface area contributed by atoms with Gasteiger partial charge in [-0.15, -0.1) is 10.2 Å². The van der Waals surface area contributed by atoms with Crippen LogP contribution in [0, 0.1) is 20.8 Å². The summed E-state index contributed by atoms with van der Waals surface area (Å²) in [6, 6.07) is 8.36. The summed E-state index contributed by atoms with van der Waals surface area (Å²) in [6.45, 7) is 12.2. The predicted octanol–water partition coefficient (Wildman–Crippen LogP) is 0.747. The van der Waals surface area contributed by atoms with Crippen LogP contribution in [-0.2, 0) is 13.1 Å². The van der Waals surface area contributed by atoms with Crippen LogP contribution in [0.15, 0.2) is 33.1 Å². The maximum Gasteiger partial charge on any atom is 0.271 e. The van der Waals surface area contributed by atoms with Crippen molar-refractivity contribution in [3.8, 4) is 17.2 Å². The summed E-state index contributed by atoms with van der Waals surface area (Å²) in [7, 11) is 1.75. The molecule has 1 fully saturated rings. The third-order valence-corrected chi connectivity index (χ3v) is 5.68. The molecule has 0 spiro atoms. The molecule has 1 aliphatic heterocycles. The SMILES string of the molecule is COc1ccc(C)cc1C[NH+]1CC[NH+](Cc2nnc(-c3cc(C)oc3C)o2)CC1. The van der Waals surface area contributed by atoms with E-state index in [-0.39, 0.29) is 0 Å². The summed E-state index contributed by atoms with van der Waals surface area (Å²) >= 11 is 0. The van der Waals surface area contributed by atoms with Gasteiger partial charge in [-0.3, -0.25) is 0 Å². The molecule has 1 aliphatic rings. The van der Waals surface area contributed by atoms with Gasteiger partial charge in [-0.2, -0.15) is 0 Å². The van der Waals surface area contributed by atoms with Crippen molar-refractivity contribution < 1.29 is 23.4 Å². The highest BCUT2D eigenvalue weighted by atomic mass is 16.5. The molecule has 1 aromatic carbocycles. The van der Waals surface area contributed by atoms with Gasteiger partial charge in [0.2, 0.25) is 0 Å². The Morgan fingerprint density at radius 2 is 1.66 bits per heavy atom. The molecule has 2 N–H and O–H groups in total. The first-order valence-electron chi connectivity index (χ1n) is 10.2. The van der Waals surface area contributed by atoms with E-state index in [0.717, 1.165) is 62.1 Å². The van der Waals surface area contributed by atoms with Crippen LogP contribution < -0.4 is 14.5 Å². The van der Waals surface area contributed by atoms with Gasteiger partial charge < -0.3 is 23.4 Å². The Kier molecular flexibility index (Phi) is 5.69. The van der Waals surface area contributed by atoms with Crippen molar-refractivity contribution in [2.75, 3.05) is 33.3 Å². The van der Waals surface area contributed by atoms with E-state index in [0.29, 0.717) is 11.8 Å². The molecule has 0 radical (unpaired) electrons. The number of aryl methyl sites for hydroxylation is 3. The van der Waals surface area contributed by atoms with Gasteiger partial charge in [-0.05, 0) is 39.0 Å². The Labute approximate surface area is 171 Å². The van der Waals surface area contributed by atoms with Crippen LogP contribution in [0.25, 0.3) is 11.5 Å². The zero-order valence-electron chi connectivity index (χ0n) is 17.7. The lowest BCUT2D eigenvalue weighted by Crippen LogP contribution is -3.27. The smallest absolute Gasteiger partial charge is 0.271 e. The van der Waals surface area contributed by atoms with E-state index in [1.165, 1.54) is 16.0 Å². The molecular weight excluding hydrogens is 368 g/mol. The molecule has 0 bridgehead atoms. The van der Waals surface area contributed by atoms with Gasteiger partial charge in [-0.25, -0.2) is 0 Å². The number of methoxy groups -OCH3 is 1. The predicted molar refractivity (Wildman–Crippen MR) is 108 cm³/mol. The Morgan fingerprint density at radius 3 is 2.31 bits per heavy atom. The fraction of sp³-hybridized carbons (Fsp3) is 0.455. The molecule has 29 heavy (non-hydrogen) atoms. The van der Waals surface area contributed by atoms with E-state index in [1.54, 1.807) is 12.0 Å². The lowest BCUT2D eigenvalue weighted by molar-refractivity contribution is -1.02. The van der Waals surface area contributed by atoms with Crippen LogP contribution in [0.1, 0.15) is 28.5 Å². The van der Waals surface area contributed by atoms with Crippen LogP contribution in [0.2, 0.25) is 0 Å². The first-order chi connectivity index (χ1) is 14.0. The van der Waals surface area contributed by atoms with E-state index in [4.69, 9.17) is 13.6 Å². The number of hydrogen-bond acceptors (Lipinski definition) is 5. The third kappa shape index (κ3) is 4.52. The van der Waals surface area contributed by atoms with E-state index >= 15 is 0 Å². The van der Waals surface area contributed by atoms with Crippen molar-refractivity contribution in [2.24, 2.45) is 0 Å². The van der Waals surface area contributed by atoms with Gasteiger partial charge in [0.15, 0.2) is 6.54 Å². The van der Waals surface area contributed by atoms with Gasteiger partial charge in [0.05, 0.1) is 12.7 Å². The highest BCUT2D eigenvalue weighted by Gasteiger charge is 2.26. The van der Waals surface area contributed by atoms with Crippen LogP contribution in [0.4, 0.5) is 0 Å². The Hall–Kier alpha value is -2.64. The van der Waals surface area contributed by atoms with Gasteiger partial charge in [0, 0.05) is 5.56 Å². The zero-order valence-corrected chi connectivity index (χ0v) is 17.7. The molecule has 154 valence electrons. The number of piperazine rings is 1. The monoisotopic (exact) mass is 398 g/mol. The van der Waals surface area contributed by atoms with Crippen molar-refractivity contribution in [1.82, 2.24) is 10.2 Å². The number of quaternary nitrogens is 2. The number of ether oxygens (including phenoxy) is 1. The van der Waals surface area contributed by atoms with Crippen LogP contribution >= 0.6 is 0 Å². The molecule has 0 aliphatic carbocycles. The van der Waals surface area contributed by atoms with E-state index in [2.05, 4.69) is 35.3 Å². The molecule has 4 rings (SSSR count). The second-order valence-corrected chi connectivity index (χ2v) is 8.00. The number of benzene rings is 1. The van der Waals surface area contributed by atoms with E-state index in [1.807, 2.05) is 19.9 Å². The molecule has 3 aromatic rings. The van der Waals surface area contributed by atoms with Gasteiger partial charge in [0.25, 0.3) is 11.8 Å². The van der Waals surface area contributed by atoms with Gasteiger partial charge in [0.1, 0.15) is 50.0 Å². The fourth-order valence-corrected chi connectivity index (χ4v) is 4.12. The average molecular weight is 399 g/mol. The molecule has 2 aromatic heterocycles. The Bertz CT molecular complexity index is 970. The van der Waals surface area contributed by atoms with Crippen LogP contribution in [-0.4, -0.2) is 43.5 Å². The Morgan fingerprint density at radius 1 is 0.931 bits per heavy atom. The zero-order chi connectivity index (χ0) is 20.4. The van der Waals surface area contributed by atoms with Crippen molar-refractivity contribution >= 4 is 0 Å². The standard InChI is InChI=1S/C22H28N4O3/c1-15-5-6-20(27-4)18(11-15)13-25-7-9-26(10-8-25)14-21-23-24-22(29-21)19-12-16(2)28-17(19)3/h5-6,11-12H,7-10,13-14H2,1-4H3/p+2. The summed E-state index contributed by atoms with van der Waals surface area (Å²) in [5, 5.41) is 8.47. The number of nitrogens with one attached hydrogen (secondary N) is 2. The molecule has 0 saturated carbocycles. The molecule has 3 heterocycles. The maximum atomic E-state index is 5.91. The highest BCUT2D eigenvalue weighted by molar-refractivity contribution is 5.55. The van der Waals surface area contributed by atoms with E-state index in [9.17, 15) is 0 Å². The van der Waals surface area contributed by atoms with E-state index < -0.39 is 0 Å². The summed E-state index contributed by atoms with van der Waals surface area (Å²) in [5.41, 5.74) is 3.45. The molecular formula is C22H30N4O3+2. The largest absolute Gasteiger partial charge is 0.496 e. The number of rotatable bonds is 6. The number of hydrogen-bond donors (Lipinski definition) is 2. The van der Waals surface area contributed by atoms with Crippen molar-refractivity contribution in [3.63, 3.8) is 0 Å². The third-order valence-electron chi connectivity index (χ3n) is 5.68. The molecule has 0 amide bonds. The van der Waals surface area contributed by atoms with Crippen LogP contribution in [0.3, 0.4) is 0 Å². The lowest BCUT2D eigenvalue weighted by Gasteiger charge is -2.29. The second-order valence-electron chi connectivity index (χ2n) is 8.00. The lowest BCUT2D eigenvalue weighted by atomic mass is 10.1. The number of furan rings is 1. The first-order valence-corrected chi connectivity index (χ1v) is 10.2. The average Bonchev–Trinajstić information content (AvgIpc) is 3.29. The maximum absolute atomic E-state index is 5.91. The molecule has 0 unspecified atom stereocenters. The minimum Gasteiger partial charge on any atom is -0.496 e. The Balaban J connectivity index is 1.33. The van der Waals surface area contributed by atoms with Crippen molar-refractivity contribution in [3.05, 3.63) is 52.8 Å². The van der Waals surface area contributed by atoms with Crippen molar-refractivity contribution in [2.45, 2.75) is 33.9 Å². The van der Waals surface area contributed by atoms with Crippen LogP contribution in [0.5, 0.6) is 5.75 Å².